The highest BCUT2D eigenvalue weighted by Gasteiger charge is 2.24. The summed E-state index contributed by atoms with van der Waals surface area (Å²) in [7, 11) is 0. The molecule has 0 N–H and O–H groups in total. The van der Waals surface area contributed by atoms with Gasteiger partial charge in [-0.15, -0.1) is 10.2 Å². The Kier molecular flexibility index (Phi) is 5.68. The van der Waals surface area contributed by atoms with Crippen molar-refractivity contribution in [3.63, 3.8) is 0 Å². The quantitative estimate of drug-likeness (QED) is 0.809. The maximum Gasteiger partial charge on any atom is 0.260 e. The molecule has 1 aromatic carbocycles. The summed E-state index contributed by atoms with van der Waals surface area (Å²) in [5, 5.41) is 7.71. The molecule has 1 unspecified atom stereocenters. The molecule has 0 saturated carbocycles. The van der Waals surface area contributed by atoms with Crippen LogP contribution in [0.25, 0.3) is 0 Å². The van der Waals surface area contributed by atoms with E-state index in [4.69, 9.17) is 4.74 Å². The number of amides is 1. The normalized spacial score (nSPS) is 16.6. The minimum absolute atomic E-state index is 0.0566. The van der Waals surface area contributed by atoms with Gasteiger partial charge in [-0.2, -0.15) is 0 Å². The molecular weight excluding hydrogens is 316 g/mol. The van der Waals surface area contributed by atoms with Gasteiger partial charge in [0.15, 0.2) is 6.61 Å². The predicted molar refractivity (Wildman–Crippen MR) is 95.5 cm³/mol. The molecule has 1 atom stereocenters. The van der Waals surface area contributed by atoms with Gasteiger partial charge in [-0.3, -0.25) is 4.79 Å². The highest BCUT2D eigenvalue weighted by atomic mass is 16.5. The topological polar surface area (TPSA) is 60.2 Å². The lowest BCUT2D eigenvalue weighted by Gasteiger charge is -2.32. The van der Waals surface area contributed by atoms with Crippen molar-refractivity contribution in [3.05, 3.63) is 42.5 Å². The third kappa shape index (κ3) is 4.18. The van der Waals surface area contributed by atoms with E-state index in [0.29, 0.717) is 12.0 Å². The van der Waals surface area contributed by atoms with Crippen molar-refractivity contribution in [2.24, 2.45) is 0 Å². The molecule has 1 saturated heterocycles. The first-order chi connectivity index (χ1) is 12.2. The highest BCUT2D eigenvalue weighted by Crippen LogP contribution is 2.28. The molecule has 1 fully saturated rings. The van der Waals surface area contributed by atoms with Crippen molar-refractivity contribution in [1.29, 1.82) is 0 Å². The first kappa shape index (κ1) is 17.5. The second-order valence-electron chi connectivity index (χ2n) is 6.66. The fourth-order valence-electron chi connectivity index (χ4n) is 3.28. The molecule has 0 aliphatic carbocycles. The Morgan fingerprint density at radius 2 is 1.92 bits per heavy atom. The third-order valence-corrected chi connectivity index (χ3v) is 5.09. The first-order valence-electron chi connectivity index (χ1n) is 9.02. The fourth-order valence-corrected chi connectivity index (χ4v) is 3.28. The molecule has 0 spiro atoms. The van der Waals surface area contributed by atoms with Crippen LogP contribution in [0.1, 0.15) is 50.6 Å². The van der Waals surface area contributed by atoms with Gasteiger partial charge in [-0.25, -0.2) is 0 Å². The minimum atomic E-state index is 0.0566. The van der Waals surface area contributed by atoms with E-state index < -0.39 is 0 Å². The Morgan fingerprint density at radius 3 is 2.60 bits per heavy atom. The van der Waals surface area contributed by atoms with Crippen molar-refractivity contribution in [1.82, 2.24) is 19.7 Å². The van der Waals surface area contributed by atoms with Gasteiger partial charge in [0.2, 0.25) is 0 Å². The summed E-state index contributed by atoms with van der Waals surface area (Å²) in [6.45, 7) is 5.94. The Balaban J connectivity index is 1.52. The SMILES string of the molecule is CCC(C)c1ccccc1OCC(=O)N1CCC(n2cnnc2)CC1. The molecular formula is C19H26N4O2. The summed E-state index contributed by atoms with van der Waals surface area (Å²) >= 11 is 0. The number of carbonyl (C=O) groups excluding carboxylic acids is 1. The molecule has 6 nitrogen and oxygen atoms in total. The zero-order chi connectivity index (χ0) is 17.6. The number of likely N-dealkylation sites (tertiary alicyclic amines) is 1. The van der Waals surface area contributed by atoms with Gasteiger partial charge in [0.1, 0.15) is 18.4 Å². The van der Waals surface area contributed by atoms with Gasteiger partial charge in [0.25, 0.3) is 5.91 Å². The van der Waals surface area contributed by atoms with Gasteiger partial charge in [0, 0.05) is 19.1 Å². The molecule has 6 heteroatoms. The molecule has 2 heterocycles. The van der Waals surface area contributed by atoms with Crippen LogP contribution in [0.15, 0.2) is 36.9 Å². The lowest BCUT2D eigenvalue weighted by molar-refractivity contribution is -0.134. The van der Waals surface area contributed by atoms with Crippen LogP contribution in [-0.2, 0) is 4.79 Å². The fraction of sp³-hybridized carbons (Fsp3) is 0.526. The van der Waals surface area contributed by atoms with Crippen LogP contribution in [0.5, 0.6) is 5.75 Å². The van der Waals surface area contributed by atoms with E-state index in [0.717, 1.165) is 38.1 Å². The summed E-state index contributed by atoms with van der Waals surface area (Å²) in [4.78, 5) is 14.4. The van der Waals surface area contributed by atoms with Gasteiger partial charge < -0.3 is 14.2 Å². The van der Waals surface area contributed by atoms with Crippen LogP contribution in [0.2, 0.25) is 0 Å². The number of nitrogens with zero attached hydrogens (tertiary/aromatic N) is 4. The average Bonchev–Trinajstić information content (AvgIpc) is 3.20. The summed E-state index contributed by atoms with van der Waals surface area (Å²) in [6, 6.07) is 8.39. The maximum absolute atomic E-state index is 12.5. The molecule has 3 rings (SSSR count). The molecule has 2 aromatic rings. The number of aromatic nitrogens is 3. The minimum Gasteiger partial charge on any atom is -0.483 e. The molecule has 134 valence electrons. The van der Waals surface area contributed by atoms with Crippen molar-refractivity contribution in [2.45, 2.75) is 45.1 Å². The number of hydrogen-bond donors (Lipinski definition) is 0. The molecule has 0 bridgehead atoms. The molecule has 1 aliphatic heterocycles. The summed E-state index contributed by atoms with van der Waals surface area (Å²) in [6.07, 6.45) is 6.39. The first-order valence-corrected chi connectivity index (χ1v) is 9.02. The number of hydrogen-bond acceptors (Lipinski definition) is 4. The zero-order valence-corrected chi connectivity index (χ0v) is 15.0. The monoisotopic (exact) mass is 342 g/mol. The van der Waals surface area contributed by atoms with E-state index >= 15 is 0 Å². The Labute approximate surface area is 148 Å². The summed E-state index contributed by atoms with van der Waals surface area (Å²) in [5.74, 6) is 1.30. The van der Waals surface area contributed by atoms with E-state index in [2.05, 4.69) is 30.1 Å². The molecule has 1 aliphatic rings. The molecule has 1 amide bonds. The Hall–Kier alpha value is -2.37. The van der Waals surface area contributed by atoms with Crippen LogP contribution >= 0.6 is 0 Å². The molecule has 0 radical (unpaired) electrons. The number of ether oxygens (including phenoxy) is 1. The van der Waals surface area contributed by atoms with Crippen molar-refractivity contribution >= 4 is 5.91 Å². The lowest BCUT2D eigenvalue weighted by atomic mass is 9.98. The number of para-hydroxylation sites is 1. The second kappa shape index (κ2) is 8.14. The van der Waals surface area contributed by atoms with Gasteiger partial charge in [0.05, 0.1) is 0 Å². The van der Waals surface area contributed by atoms with E-state index in [-0.39, 0.29) is 12.5 Å². The summed E-state index contributed by atoms with van der Waals surface area (Å²) < 4.78 is 7.89. The zero-order valence-electron chi connectivity index (χ0n) is 15.0. The van der Waals surface area contributed by atoms with Crippen LogP contribution in [0.4, 0.5) is 0 Å². The number of carbonyl (C=O) groups is 1. The Morgan fingerprint density at radius 1 is 1.24 bits per heavy atom. The average molecular weight is 342 g/mol. The van der Waals surface area contributed by atoms with E-state index in [1.807, 2.05) is 27.7 Å². The predicted octanol–water partition coefficient (Wildman–Crippen LogP) is 3.03. The van der Waals surface area contributed by atoms with Gasteiger partial charge >= 0.3 is 0 Å². The smallest absolute Gasteiger partial charge is 0.260 e. The molecule has 1 aromatic heterocycles. The summed E-state index contributed by atoms with van der Waals surface area (Å²) in [5.41, 5.74) is 1.17. The van der Waals surface area contributed by atoms with Crippen molar-refractivity contribution < 1.29 is 9.53 Å². The van der Waals surface area contributed by atoms with Crippen LogP contribution in [-0.4, -0.2) is 45.3 Å². The number of benzene rings is 1. The van der Waals surface area contributed by atoms with Gasteiger partial charge in [-0.05, 0) is 36.8 Å². The highest BCUT2D eigenvalue weighted by molar-refractivity contribution is 5.77. The molecule has 25 heavy (non-hydrogen) atoms. The largest absolute Gasteiger partial charge is 0.483 e. The number of rotatable bonds is 6. The van der Waals surface area contributed by atoms with Gasteiger partial charge in [-0.1, -0.05) is 32.0 Å². The van der Waals surface area contributed by atoms with Crippen LogP contribution < -0.4 is 4.74 Å². The van der Waals surface area contributed by atoms with E-state index in [1.54, 1.807) is 12.7 Å². The Bertz CT molecular complexity index is 678. The van der Waals surface area contributed by atoms with Crippen LogP contribution in [0.3, 0.4) is 0 Å². The van der Waals surface area contributed by atoms with Crippen LogP contribution in [0, 0.1) is 0 Å². The van der Waals surface area contributed by atoms with E-state index in [9.17, 15) is 4.79 Å². The van der Waals surface area contributed by atoms with Crippen molar-refractivity contribution in [2.75, 3.05) is 19.7 Å². The lowest BCUT2D eigenvalue weighted by Crippen LogP contribution is -2.41. The standard InChI is InChI=1S/C19H26N4O2/c1-3-15(2)17-6-4-5-7-18(17)25-12-19(24)22-10-8-16(9-11-22)23-13-20-21-14-23/h4-7,13-16H,3,8-12H2,1-2H3. The number of piperidine rings is 1. The van der Waals surface area contributed by atoms with Crippen molar-refractivity contribution in [3.8, 4) is 5.75 Å². The maximum atomic E-state index is 12.5. The second-order valence-corrected chi connectivity index (χ2v) is 6.66. The van der Waals surface area contributed by atoms with E-state index in [1.165, 1.54) is 5.56 Å². The third-order valence-electron chi connectivity index (χ3n) is 5.09.